The topological polar surface area (TPSA) is 139 Å². The van der Waals surface area contributed by atoms with Crippen LogP contribution in [0.4, 0.5) is 0 Å². The van der Waals surface area contributed by atoms with Gasteiger partial charge in [-0.2, -0.15) is 0 Å². The van der Waals surface area contributed by atoms with Crippen LogP contribution < -0.4 is 5.32 Å². The minimum Gasteiger partial charge on any atom is -0.510 e. The Morgan fingerprint density at radius 2 is 1.48 bits per heavy atom. The average Bonchev–Trinajstić information content (AvgIpc) is 4.01. The second kappa shape index (κ2) is 22.1. The molecule has 5 unspecified atom stereocenters. The highest BCUT2D eigenvalue weighted by Crippen LogP contribution is 2.49. The van der Waals surface area contributed by atoms with Gasteiger partial charge in [-0.05, 0) is 125 Å². The maximum atomic E-state index is 13.6. The van der Waals surface area contributed by atoms with Gasteiger partial charge in [0.1, 0.15) is 11.7 Å². The lowest BCUT2D eigenvalue weighted by Gasteiger charge is -2.20. The summed E-state index contributed by atoms with van der Waals surface area (Å²) in [5, 5.41) is 15.6. The standard InChI is InChI=1S/C56H76N4O6/c1-13-40-35(7)42-30-47-49(39(11)61)37(9)44(58-47)28-43-36(8)41(53(59-43)51-52(56(64)65-12)55(63)50-38(10)45(60-54(50)51)29-46(40)57-42)25-26-48(62)66-27-17-24-34(6)23-16-22-33(5)21-15-20-32(4)19-14-18-31(2)3/h24,28-33,36,41,52,59,63H,13-23,25-27H2,1-12H3. The molecule has 6 rings (SSSR count). The van der Waals surface area contributed by atoms with Gasteiger partial charge in [-0.3, -0.25) is 14.4 Å². The van der Waals surface area contributed by atoms with E-state index >= 15 is 0 Å². The van der Waals surface area contributed by atoms with E-state index in [2.05, 4.69) is 59.9 Å². The van der Waals surface area contributed by atoms with E-state index < -0.39 is 11.9 Å². The van der Waals surface area contributed by atoms with Gasteiger partial charge in [0.15, 0.2) is 5.78 Å². The van der Waals surface area contributed by atoms with Crippen LogP contribution in [0.15, 0.2) is 118 Å². The SMILES string of the molecule is CCC1=C(C)C2=NC1=CC1=C(C)C3=C(O)C(C(=O)OC)C(=C4NC(=CC5=NC(=C2)C(C(C)=O)=C5C)C(C)C4CCC(=O)OCCC=C(C)CCCC(C)CCCC(C)CCCC(C)C)C3=N1. The van der Waals surface area contributed by atoms with Crippen molar-refractivity contribution in [2.45, 2.75) is 160 Å². The summed E-state index contributed by atoms with van der Waals surface area (Å²) in [7, 11) is 1.32. The Balaban J connectivity index is 1.18. The first kappa shape index (κ1) is 50.3. The highest BCUT2D eigenvalue weighted by atomic mass is 16.5. The van der Waals surface area contributed by atoms with E-state index in [0.717, 1.165) is 70.0 Å². The van der Waals surface area contributed by atoms with Crippen LogP contribution in [0.2, 0.25) is 0 Å². The second-order valence-corrected chi connectivity index (χ2v) is 20.2. The van der Waals surface area contributed by atoms with Crippen LogP contribution in [0, 0.1) is 35.5 Å². The van der Waals surface area contributed by atoms with E-state index in [1.807, 2.05) is 39.0 Å². The summed E-state index contributed by atoms with van der Waals surface area (Å²) in [6, 6.07) is 0. The van der Waals surface area contributed by atoms with Crippen LogP contribution in [0.25, 0.3) is 0 Å². The molecule has 1 aliphatic carbocycles. The molecule has 0 aromatic rings. The molecule has 10 nitrogen and oxygen atoms in total. The number of hydrogen-bond donors (Lipinski definition) is 2. The first-order valence-corrected chi connectivity index (χ1v) is 24.8. The Kier molecular flexibility index (Phi) is 16.9. The van der Waals surface area contributed by atoms with Gasteiger partial charge in [0.25, 0.3) is 0 Å². The van der Waals surface area contributed by atoms with Crippen molar-refractivity contribution in [3.8, 4) is 0 Å². The molecule has 6 aliphatic rings. The summed E-state index contributed by atoms with van der Waals surface area (Å²) in [4.78, 5) is 55.4. The Bertz CT molecular complexity index is 2370. The zero-order valence-electron chi connectivity index (χ0n) is 42.0. The molecule has 2 N–H and O–H groups in total. The average molecular weight is 901 g/mol. The van der Waals surface area contributed by atoms with Crippen molar-refractivity contribution in [2.24, 2.45) is 50.5 Å². The number of aliphatic hydroxyl groups is 1. The number of hydrogen-bond acceptors (Lipinski definition) is 10. The van der Waals surface area contributed by atoms with Gasteiger partial charge < -0.3 is 19.9 Å². The van der Waals surface area contributed by atoms with E-state index in [1.165, 1.54) is 64.0 Å². The third kappa shape index (κ3) is 11.2. The van der Waals surface area contributed by atoms with Crippen molar-refractivity contribution in [3.63, 3.8) is 0 Å². The molecule has 0 saturated carbocycles. The zero-order chi connectivity index (χ0) is 48.0. The minimum atomic E-state index is -1.11. The number of allylic oxidation sites excluding steroid dienone is 12. The fraction of sp³-hybridized carbons (Fsp3) is 0.571. The molecule has 1 fully saturated rings. The molecule has 356 valence electrons. The number of nitrogens with one attached hydrogen (secondary N) is 1. The van der Waals surface area contributed by atoms with Crippen LogP contribution in [0.3, 0.4) is 0 Å². The number of Topliss-reactive ketones (excluding diaryl/α,β-unsaturated/α-hetero) is 1. The highest BCUT2D eigenvalue weighted by Gasteiger charge is 2.49. The van der Waals surface area contributed by atoms with Gasteiger partial charge in [0.05, 0.1) is 47.9 Å². The maximum absolute atomic E-state index is 13.6. The molecule has 0 spiro atoms. The molecule has 0 aromatic heterocycles. The fourth-order valence-corrected chi connectivity index (χ4v) is 10.6. The number of ketones is 1. The van der Waals surface area contributed by atoms with Gasteiger partial charge in [-0.1, -0.05) is 98.1 Å². The number of carbonyl (C=O) groups is 3. The predicted molar refractivity (Wildman–Crippen MR) is 267 cm³/mol. The molecule has 1 saturated heterocycles. The summed E-state index contributed by atoms with van der Waals surface area (Å²) >= 11 is 0. The summed E-state index contributed by atoms with van der Waals surface area (Å²) < 4.78 is 11.1. The first-order valence-electron chi connectivity index (χ1n) is 24.8. The molecule has 5 atom stereocenters. The van der Waals surface area contributed by atoms with Crippen LogP contribution in [-0.2, 0) is 23.9 Å². The Hall–Kier alpha value is -5.12. The van der Waals surface area contributed by atoms with Gasteiger partial charge in [0.2, 0.25) is 0 Å². The lowest BCUT2D eigenvalue weighted by Crippen LogP contribution is -2.25. The summed E-state index contributed by atoms with van der Waals surface area (Å²) in [6.07, 6.45) is 21.4. The normalized spacial score (nSPS) is 22.4. The number of aliphatic hydroxyl groups excluding tert-OH is 1. The monoisotopic (exact) mass is 901 g/mol. The first-order chi connectivity index (χ1) is 31.4. The van der Waals surface area contributed by atoms with E-state index in [4.69, 9.17) is 24.5 Å². The number of nitrogens with zero attached hydrogens (tertiary/aromatic N) is 3. The van der Waals surface area contributed by atoms with Crippen LogP contribution in [0.5, 0.6) is 0 Å². The molecule has 5 heterocycles. The quantitative estimate of drug-likeness (QED) is 0.0664. The van der Waals surface area contributed by atoms with Gasteiger partial charge >= 0.3 is 11.9 Å². The number of fused-ring (bicyclic) bond motifs is 5. The van der Waals surface area contributed by atoms with Gasteiger partial charge in [0, 0.05) is 46.4 Å². The Morgan fingerprint density at radius 3 is 2.14 bits per heavy atom. The lowest BCUT2D eigenvalue weighted by molar-refractivity contribution is -0.144. The summed E-state index contributed by atoms with van der Waals surface area (Å²) in [5.74, 6) is -0.287. The minimum absolute atomic E-state index is 0.0874. The van der Waals surface area contributed by atoms with Crippen LogP contribution >= 0.6 is 0 Å². The molecule has 8 bridgehead atoms. The van der Waals surface area contributed by atoms with Crippen molar-refractivity contribution >= 4 is 34.9 Å². The van der Waals surface area contributed by atoms with E-state index in [1.54, 1.807) is 6.92 Å². The van der Waals surface area contributed by atoms with E-state index in [-0.39, 0.29) is 35.8 Å². The van der Waals surface area contributed by atoms with Crippen molar-refractivity contribution in [1.82, 2.24) is 5.32 Å². The van der Waals surface area contributed by atoms with Crippen LogP contribution in [-0.4, -0.2) is 53.7 Å². The third-order valence-corrected chi connectivity index (χ3v) is 14.6. The predicted octanol–water partition coefficient (Wildman–Crippen LogP) is 12.7. The van der Waals surface area contributed by atoms with Crippen molar-refractivity contribution in [2.75, 3.05) is 13.7 Å². The summed E-state index contributed by atoms with van der Waals surface area (Å²) in [6.45, 7) is 23.5. The molecule has 0 aromatic carbocycles. The number of carbonyl (C=O) groups excluding carboxylic acids is 3. The molecule has 0 amide bonds. The van der Waals surface area contributed by atoms with Crippen molar-refractivity contribution < 1.29 is 29.0 Å². The molecular formula is C56H76N4O6. The van der Waals surface area contributed by atoms with Crippen LogP contribution in [0.1, 0.15) is 160 Å². The second-order valence-electron chi connectivity index (χ2n) is 20.2. The van der Waals surface area contributed by atoms with Crippen molar-refractivity contribution in [1.29, 1.82) is 0 Å². The number of aliphatic imine (C=N–C) groups is 3. The fourth-order valence-electron chi connectivity index (χ4n) is 10.6. The largest absolute Gasteiger partial charge is 0.510 e. The van der Waals surface area contributed by atoms with Gasteiger partial charge in [-0.25, -0.2) is 15.0 Å². The number of methoxy groups -OCH3 is 1. The summed E-state index contributed by atoms with van der Waals surface area (Å²) in [5.41, 5.74) is 11.8. The molecule has 5 aliphatic heterocycles. The van der Waals surface area contributed by atoms with Crippen molar-refractivity contribution in [3.05, 3.63) is 103 Å². The van der Waals surface area contributed by atoms with Gasteiger partial charge in [-0.15, -0.1) is 0 Å². The highest BCUT2D eigenvalue weighted by molar-refractivity contribution is 6.24. The molecule has 66 heavy (non-hydrogen) atoms. The maximum Gasteiger partial charge on any atom is 0.321 e. The molecule has 0 radical (unpaired) electrons. The number of esters is 2. The number of rotatable bonds is 21. The smallest absolute Gasteiger partial charge is 0.321 e. The third-order valence-electron chi connectivity index (χ3n) is 14.6. The van der Waals surface area contributed by atoms with E-state index in [0.29, 0.717) is 64.7 Å². The molecule has 10 heteroatoms. The lowest BCUT2D eigenvalue weighted by atomic mass is 9.84. The Morgan fingerprint density at radius 1 is 0.833 bits per heavy atom. The Labute approximate surface area is 394 Å². The number of ether oxygens (including phenoxy) is 2. The van der Waals surface area contributed by atoms with E-state index in [9.17, 15) is 19.5 Å². The zero-order valence-corrected chi connectivity index (χ0v) is 42.0. The molecular weight excluding hydrogens is 825 g/mol.